The van der Waals surface area contributed by atoms with E-state index in [1.807, 2.05) is 13.0 Å². The summed E-state index contributed by atoms with van der Waals surface area (Å²) in [6.45, 7) is 3.03. The van der Waals surface area contributed by atoms with E-state index in [4.69, 9.17) is 15.2 Å². The molecule has 0 aromatic heterocycles. The van der Waals surface area contributed by atoms with Gasteiger partial charge in [-0.1, -0.05) is 6.42 Å². The van der Waals surface area contributed by atoms with Crippen LogP contribution < -0.4 is 20.5 Å². The second-order valence-corrected chi connectivity index (χ2v) is 5.32. The molecule has 0 spiro atoms. The molecule has 0 saturated heterocycles. The minimum Gasteiger partial charge on any atom is -0.493 e. The van der Waals surface area contributed by atoms with E-state index >= 15 is 0 Å². The topological polar surface area (TPSA) is 73.6 Å². The number of nitrogens with two attached hydrogens (primary N) is 1. The molecule has 0 unspecified atom stereocenters. The zero-order chi connectivity index (χ0) is 15.2. The molecule has 2 rings (SSSR count). The van der Waals surface area contributed by atoms with Crippen LogP contribution in [0.25, 0.3) is 0 Å². The third kappa shape index (κ3) is 4.27. The highest BCUT2D eigenvalue weighted by Gasteiger charge is 2.31. The summed E-state index contributed by atoms with van der Waals surface area (Å²) in [5.41, 5.74) is 6.47. The van der Waals surface area contributed by atoms with Crippen molar-refractivity contribution in [3.63, 3.8) is 0 Å². The highest BCUT2D eigenvalue weighted by Crippen LogP contribution is 2.33. The summed E-state index contributed by atoms with van der Waals surface area (Å²) in [6, 6.07) is 5.42. The van der Waals surface area contributed by atoms with E-state index in [9.17, 15) is 4.79 Å². The van der Waals surface area contributed by atoms with Gasteiger partial charge in [-0.05, 0) is 44.4 Å². The Balaban J connectivity index is 0.00000242. The maximum atomic E-state index is 12.4. The van der Waals surface area contributed by atoms with Crippen molar-refractivity contribution < 1.29 is 14.3 Å². The van der Waals surface area contributed by atoms with E-state index in [0.29, 0.717) is 30.6 Å². The van der Waals surface area contributed by atoms with Gasteiger partial charge >= 0.3 is 0 Å². The van der Waals surface area contributed by atoms with Crippen LogP contribution in [0.1, 0.15) is 26.2 Å². The molecule has 0 radical (unpaired) electrons. The number of methoxy groups -OCH3 is 1. The van der Waals surface area contributed by atoms with E-state index in [-0.39, 0.29) is 24.2 Å². The molecule has 2 atom stereocenters. The zero-order valence-corrected chi connectivity index (χ0v) is 13.9. The quantitative estimate of drug-likeness (QED) is 0.842. The third-order valence-electron chi connectivity index (χ3n) is 4.03. The van der Waals surface area contributed by atoms with Crippen LogP contribution in [0.2, 0.25) is 0 Å². The fourth-order valence-electron chi connectivity index (χ4n) is 2.92. The predicted octanol–water partition coefficient (Wildman–Crippen LogP) is 2.83. The Hall–Kier alpha value is -1.46. The molecule has 0 aliphatic heterocycles. The van der Waals surface area contributed by atoms with Crippen LogP contribution in [0.3, 0.4) is 0 Å². The van der Waals surface area contributed by atoms with Crippen molar-refractivity contribution in [3.05, 3.63) is 18.2 Å². The summed E-state index contributed by atoms with van der Waals surface area (Å²) in [6.07, 6.45) is 3.04. The summed E-state index contributed by atoms with van der Waals surface area (Å²) in [5.74, 6) is 1.67. The van der Waals surface area contributed by atoms with Crippen LogP contribution in [-0.2, 0) is 4.79 Å². The standard InChI is InChI=1S/C16H24N2O3.ClH/c1-3-21-15-9-12(7-8-14(15)20-2)18-16(19)13-6-4-5-11(13)10-17;/h7-9,11,13H,3-6,10,17H2,1-2H3,(H,18,19);1H/t11-,13-;/m1./s1. The van der Waals surface area contributed by atoms with Gasteiger partial charge in [0.1, 0.15) is 0 Å². The molecule has 1 aliphatic carbocycles. The molecule has 1 fully saturated rings. The van der Waals surface area contributed by atoms with Crippen molar-refractivity contribution in [3.8, 4) is 11.5 Å². The number of carbonyl (C=O) groups is 1. The first-order valence-corrected chi connectivity index (χ1v) is 7.51. The fourth-order valence-corrected chi connectivity index (χ4v) is 2.92. The monoisotopic (exact) mass is 328 g/mol. The van der Waals surface area contributed by atoms with E-state index in [1.165, 1.54) is 0 Å². The molecular weight excluding hydrogens is 304 g/mol. The lowest BCUT2D eigenvalue weighted by molar-refractivity contribution is -0.120. The van der Waals surface area contributed by atoms with Gasteiger partial charge in [-0.3, -0.25) is 4.79 Å². The van der Waals surface area contributed by atoms with Crippen molar-refractivity contribution in [2.45, 2.75) is 26.2 Å². The Bertz CT molecular complexity index is 496. The first-order chi connectivity index (χ1) is 10.2. The second kappa shape index (κ2) is 8.86. The largest absolute Gasteiger partial charge is 0.493 e. The number of anilines is 1. The number of hydrogen-bond donors (Lipinski definition) is 2. The first-order valence-electron chi connectivity index (χ1n) is 7.51. The van der Waals surface area contributed by atoms with Gasteiger partial charge in [0, 0.05) is 17.7 Å². The number of hydrogen-bond acceptors (Lipinski definition) is 4. The van der Waals surface area contributed by atoms with Crippen LogP contribution in [0.4, 0.5) is 5.69 Å². The van der Waals surface area contributed by atoms with Crippen LogP contribution >= 0.6 is 12.4 Å². The Kier molecular flexibility index (Phi) is 7.48. The highest BCUT2D eigenvalue weighted by molar-refractivity contribution is 5.93. The molecule has 0 heterocycles. The molecule has 0 bridgehead atoms. The van der Waals surface area contributed by atoms with E-state index in [0.717, 1.165) is 24.9 Å². The van der Waals surface area contributed by atoms with Crippen molar-refractivity contribution in [1.82, 2.24) is 0 Å². The molecule has 3 N–H and O–H groups in total. The summed E-state index contributed by atoms with van der Waals surface area (Å²) in [4.78, 5) is 12.4. The number of nitrogens with one attached hydrogen (secondary N) is 1. The van der Waals surface area contributed by atoms with Gasteiger partial charge in [0.2, 0.25) is 5.91 Å². The van der Waals surface area contributed by atoms with Crippen LogP contribution in [-0.4, -0.2) is 26.2 Å². The average Bonchev–Trinajstić information content (AvgIpc) is 2.96. The van der Waals surface area contributed by atoms with Crippen molar-refractivity contribution in [2.75, 3.05) is 25.6 Å². The number of benzene rings is 1. The Morgan fingerprint density at radius 3 is 2.77 bits per heavy atom. The Labute approximate surface area is 138 Å². The smallest absolute Gasteiger partial charge is 0.227 e. The molecule has 1 saturated carbocycles. The molecule has 1 aliphatic rings. The second-order valence-electron chi connectivity index (χ2n) is 5.32. The van der Waals surface area contributed by atoms with E-state index in [2.05, 4.69) is 5.32 Å². The van der Waals surface area contributed by atoms with Gasteiger partial charge in [-0.15, -0.1) is 12.4 Å². The number of halogens is 1. The number of ether oxygens (including phenoxy) is 2. The van der Waals surface area contributed by atoms with Crippen molar-refractivity contribution in [2.24, 2.45) is 17.6 Å². The summed E-state index contributed by atoms with van der Waals surface area (Å²) < 4.78 is 10.8. The average molecular weight is 329 g/mol. The maximum Gasteiger partial charge on any atom is 0.227 e. The fraction of sp³-hybridized carbons (Fsp3) is 0.562. The third-order valence-corrected chi connectivity index (χ3v) is 4.03. The lowest BCUT2D eigenvalue weighted by Gasteiger charge is -2.18. The minimum atomic E-state index is 0. The summed E-state index contributed by atoms with van der Waals surface area (Å²) >= 11 is 0. The van der Waals surface area contributed by atoms with Crippen molar-refractivity contribution in [1.29, 1.82) is 0 Å². The van der Waals surface area contributed by atoms with Crippen LogP contribution in [0.5, 0.6) is 11.5 Å². The Morgan fingerprint density at radius 2 is 2.14 bits per heavy atom. The number of rotatable bonds is 6. The lowest BCUT2D eigenvalue weighted by Crippen LogP contribution is -2.29. The number of amides is 1. The van der Waals surface area contributed by atoms with Gasteiger partial charge in [0.15, 0.2) is 11.5 Å². The van der Waals surface area contributed by atoms with Crippen LogP contribution in [0.15, 0.2) is 18.2 Å². The molecule has 1 aromatic rings. The van der Waals surface area contributed by atoms with Gasteiger partial charge in [-0.2, -0.15) is 0 Å². The molecule has 6 heteroatoms. The van der Waals surface area contributed by atoms with Gasteiger partial charge in [0.05, 0.1) is 13.7 Å². The predicted molar refractivity (Wildman–Crippen MR) is 89.9 cm³/mol. The maximum absolute atomic E-state index is 12.4. The molecule has 1 amide bonds. The molecule has 22 heavy (non-hydrogen) atoms. The van der Waals surface area contributed by atoms with E-state index in [1.54, 1.807) is 19.2 Å². The SMILES string of the molecule is CCOc1cc(NC(=O)[C@@H]2CCC[C@@H]2CN)ccc1OC.Cl. The summed E-state index contributed by atoms with van der Waals surface area (Å²) in [5, 5.41) is 2.97. The van der Waals surface area contributed by atoms with Gasteiger partial charge < -0.3 is 20.5 Å². The van der Waals surface area contributed by atoms with Gasteiger partial charge in [-0.25, -0.2) is 0 Å². The Morgan fingerprint density at radius 1 is 1.36 bits per heavy atom. The van der Waals surface area contributed by atoms with Crippen LogP contribution in [0, 0.1) is 11.8 Å². The molecular formula is C16H25ClN2O3. The van der Waals surface area contributed by atoms with Gasteiger partial charge in [0.25, 0.3) is 0 Å². The normalized spacial score (nSPS) is 20.1. The minimum absolute atomic E-state index is 0. The lowest BCUT2D eigenvalue weighted by atomic mass is 9.95. The molecule has 1 aromatic carbocycles. The summed E-state index contributed by atoms with van der Waals surface area (Å²) in [7, 11) is 1.60. The molecule has 5 nitrogen and oxygen atoms in total. The molecule has 124 valence electrons. The zero-order valence-electron chi connectivity index (χ0n) is 13.1. The number of carbonyl (C=O) groups excluding carboxylic acids is 1. The first kappa shape index (κ1) is 18.6. The highest BCUT2D eigenvalue weighted by atomic mass is 35.5. The van der Waals surface area contributed by atoms with Crippen molar-refractivity contribution >= 4 is 24.0 Å². The van der Waals surface area contributed by atoms with E-state index < -0.39 is 0 Å².